The lowest BCUT2D eigenvalue weighted by Crippen LogP contribution is -2.65. The molecule has 0 unspecified atom stereocenters. The first-order chi connectivity index (χ1) is 19.7. The van der Waals surface area contributed by atoms with Crippen LogP contribution >= 0.6 is 0 Å². The Labute approximate surface area is 238 Å². The summed E-state index contributed by atoms with van der Waals surface area (Å²) < 4.78 is 35.6. The van der Waals surface area contributed by atoms with Gasteiger partial charge in [0.2, 0.25) is 0 Å². The molecule has 9 nitrogen and oxygen atoms in total. The fraction of sp³-hybridized carbons (Fsp3) is 0.656. The van der Waals surface area contributed by atoms with Crippen molar-refractivity contribution in [3.63, 3.8) is 0 Å². The van der Waals surface area contributed by atoms with Crippen LogP contribution in [0.15, 0.2) is 41.5 Å². The molecule has 5 fully saturated rings. The summed E-state index contributed by atoms with van der Waals surface area (Å²) in [7, 11) is 0. The highest BCUT2D eigenvalue weighted by Gasteiger charge is 2.99. The number of esters is 2. The molecule has 3 heterocycles. The summed E-state index contributed by atoms with van der Waals surface area (Å²) in [5.74, 6) is 0.0462. The normalized spacial score (nSPS) is 43.8. The van der Waals surface area contributed by atoms with Crippen molar-refractivity contribution in [2.24, 2.45) is 28.6 Å². The van der Waals surface area contributed by atoms with Gasteiger partial charge in [-0.15, -0.1) is 0 Å². The molecule has 9 heteroatoms. The van der Waals surface area contributed by atoms with Gasteiger partial charge in [0, 0.05) is 11.0 Å². The van der Waals surface area contributed by atoms with E-state index in [2.05, 4.69) is 20.8 Å². The SMILES string of the molecule is CC(C)[C@]12O[C@H]1[C@@H]1C[C@]13[C@]1(O[C@H]1C[C@H]1C4=C(CC[C@@]13C)C(=O)OC4)[C@@H]2OC(=O)OCCC(=O)OCc1ccccc1. The van der Waals surface area contributed by atoms with Gasteiger partial charge in [-0.3, -0.25) is 4.79 Å². The van der Waals surface area contributed by atoms with Crippen molar-refractivity contribution in [2.75, 3.05) is 13.2 Å². The number of hydrogen-bond acceptors (Lipinski definition) is 9. The average Bonchev–Trinajstić information content (AvgIpc) is 3.86. The summed E-state index contributed by atoms with van der Waals surface area (Å²) in [6.45, 7) is 7.00. The van der Waals surface area contributed by atoms with Gasteiger partial charge < -0.3 is 28.4 Å². The van der Waals surface area contributed by atoms with Gasteiger partial charge in [-0.1, -0.05) is 51.1 Å². The zero-order valence-electron chi connectivity index (χ0n) is 23.7. The van der Waals surface area contributed by atoms with Gasteiger partial charge in [0.25, 0.3) is 0 Å². The van der Waals surface area contributed by atoms with Crippen LogP contribution in [0.25, 0.3) is 0 Å². The summed E-state index contributed by atoms with van der Waals surface area (Å²) in [4.78, 5) is 37.8. The fourth-order valence-electron chi connectivity index (χ4n) is 9.84. The molecule has 7 aliphatic rings. The molecule has 1 aromatic rings. The van der Waals surface area contributed by atoms with Crippen molar-refractivity contribution < 1.29 is 42.8 Å². The molecule has 0 amide bonds. The van der Waals surface area contributed by atoms with E-state index in [0.29, 0.717) is 18.9 Å². The summed E-state index contributed by atoms with van der Waals surface area (Å²) in [6.07, 6.45) is 1.78. The first-order valence-corrected chi connectivity index (χ1v) is 15.0. The highest BCUT2D eigenvalue weighted by molar-refractivity contribution is 5.92. The highest BCUT2D eigenvalue weighted by Crippen LogP contribution is 2.90. The van der Waals surface area contributed by atoms with Crippen molar-refractivity contribution in [1.82, 2.24) is 0 Å². The maximum Gasteiger partial charge on any atom is 0.508 e. The molecule has 218 valence electrons. The zero-order valence-corrected chi connectivity index (χ0v) is 23.7. The average molecular weight is 565 g/mol. The quantitative estimate of drug-likeness (QED) is 0.272. The molecule has 0 bridgehead atoms. The maximum atomic E-state index is 13.1. The molecular formula is C32H36O9. The minimum absolute atomic E-state index is 0.00356. The van der Waals surface area contributed by atoms with E-state index < -0.39 is 29.4 Å². The Kier molecular flexibility index (Phi) is 5.25. The Bertz CT molecular complexity index is 1370. The van der Waals surface area contributed by atoms with Crippen LogP contribution in [0, 0.1) is 28.6 Å². The molecule has 0 N–H and O–H groups in total. The number of carbonyl (C=O) groups is 3. The van der Waals surface area contributed by atoms with Gasteiger partial charge in [-0.25, -0.2) is 9.59 Å². The smallest absolute Gasteiger partial charge is 0.461 e. The van der Waals surface area contributed by atoms with Crippen LogP contribution in [0.2, 0.25) is 0 Å². The second-order valence-corrected chi connectivity index (χ2v) is 13.5. The molecule has 3 saturated carbocycles. The number of hydrogen-bond donors (Lipinski definition) is 0. The number of cyclic esters (lactones) is 1. The lowest BCUT2D eigenvalue weighted by atomic mass is 9.45. The topological polar surface area (TPSA) is 113 Å². The Morgan fingerprint density at radius 2 is 1.93 bits per heavy atom. The van der Waals surface area contributed by atoms with Crippen molar-refractivity contribution in [1.29, 1.82) is 0 Å². The third-order valence-electron chi connectivity index (χ3n) is 11.8. The maximum absolute atomic E-state index is 13.1. The Balaban J connectivity index is 0.998. The highest BCUT2D eigenvalue weighted by atomic mass is 16.8. The lowest BCUT2D eigenvalue weighted by Gasteiger charge is -2.56. The minimum Gasteiger partial charge on any atom is -0.461 e. The third-order valence-corrected chi connectivity index (χ3v) is 11.8. The van der Waals surface area contributed by atoms with E-state index in [1.807, 2.05) is 30.3 Å². The third kappa shape index (κ3) is 3.17. The van der Waals surface area contributed by atoms with Crippen LogP contribution in [0.4, 0.5) is 4.79 Å². The Morgan fingerprint density at radius 1 is 1.12 bits per heavy atom. The molecule has 1 aromatic carbocycles. The molecule has 0 radical (unpaired) electrons. The van der Waals surface area contributed by atoms with E-state index in [1.54, 1.807) is 0 Å². The summed E-state index contributed by atoms with van der Waals surface area (Å²) >= 11 is 0. The van der Waals surface area contributed by atoms with Gasteiger partial charge in [0.15, 0.2) is 6.10 Å². The minimum atomic E-state index is -0.811. The second-order valence-electron chi connectivity index (χ2n) is 13.5. The molecule has 2 spiro atoms. The van der Waals surface area contributed by atoms with Crippen LogP contribution in [0.1, 0.15) is 58.4 Å². The number of rotatable bonds is 7. The van der Waals surface area contributed by atoms with Crippen molar-refractivity contribution >= 4 is 18.1 Å². The largest absolute Gasteiger partial charge is 0.508 e. The molecule has 2 saturated heterocycles. The summed E-state index contributed by atoms with van der Waals surface area (Å²) in [6, 6.07) is 9.42. The Hall–Kier alpha value is -2.91. The molecule has 0 aromatic heterocycles. The van der Waals surface area contributed by atoms with Gasteiger partial charge >= 0.3 is 18.1 Å². The molecule has 8 rings (SSSR count). The van der Waals surface area contributed by atoms with E-state index in [9.17, 15) is 14.4 Å². The van der Waals surface area contributed by atoms with Crippen LogP contribution in [0.5, 0.6) is 0 Å². The molecule has 9 atom stereocenters. The predicted octanol–water partition coefficient (Wildman–Crippen LogP) is 4.27. The molecule has 3 aliphatic heterocycles. The van der Waals surface area contributed by atoms with Crippen LogP contribution in [-0.4, -0.2) is 60.8 Å². The van der Waals surface area contributed by atoms with Crippen LogP contribution < -0.4 is 0 Å². The number of benzene rings is 1. The number of fused-ring (bicyclic) bond motifs is 4. The van der Waals surface area contributed by atoms with Crippen molar-refractivity contribution in [3.05, 3.63) is 47.0 Å². The van der Waals surface area contributed by atoms with E-state index in [1.165, 1.54) is 0 Å². The van der Waals surface area contributed by atoms with Gasteiger partial charge in [-0.2, -0.15) is 0 Å². The van der Waals surface area contributed by atoms with Gasteiger partial charge in [0.05, 0.1) is 18.6 Å². The van der Waals surface area contributed by atoms with Crippen LogP contribution in [-0.2, 0) is 44.6 Å². The first kappa shape index (κ1) is 25.8. The number of carbonyl (C=O) groups excluding carboxylic acids is 3. The van der Waals surface area contributed by atoms with E-state index in [0.717, 1.165) is 36.0 Å². The summed E-state index contributed by atoms with van der Waals surface area (Å²) in [5.41, 5.74) is 1.37. The van der Waals surface area contributed by atoms with Gasteiger partial charge in [0.1, 0.15) is 31.0 Å². The van der Waals surface area contributed by atoms with E-state index in [-0.39, 0.29) is 60.5 Å². The molecule has 41 heavy (non-hydrogen) atoms. The van der Waals surface area contributed by atoms with Gasteiger partial charge in [-0.05, 0) is 60.0 Å². The summed E-state index contributed by atoms with van der Waals surface area (Å²) in [5, 5.41) is 0. The zero-order chi connectivity index (χ0) is 28.4. The number of epoxide rings is 2. The van der Waals surface area contributed by atoms with Crippen molar-refractivity contribution in [2.45, 2.75) is 89.0 Å². The molecule has 4 aliphatic carbocycles. The lowest BCUT2D eigenvalue weighted by molar-refractivity contribution is -0.146. The van der Waals surface area contributed by atoms with E-state index in [4.69, 9.17) is 28.4 Å². The van der Waals surface area contributed by atoms with E-state index >= 15 is 0 Å². The predicted molar refractivity (Wildman–Crippen MR) is 141 cm³/mol. The fourth-order valence-corrected chi connectivity index (χ4v) is 9.84. The molecular weight excluding hydrogens is 528 g/mol. The first-order valence-electron chi connectivity index (χ1n) is 15.0. The monoisotopic (exact) mass is 564 g/mol. The Morgan fingerprint density at radius 3 is 2.71 bits per heavy atom. The standard InChI is InChI=1S/C32H36O9/c1-17(2)31-25(41-31)22-14-30(22)29(3)11-9-19-20(16-38-26(19)34)21(29)13-23-32(30,40-23)27(31)39-28(35)36-12-10-24(33)37-15-18-7-5-4-6-8-18/h4-8,17,21-23,25,27H,9-16H2,1-3H3/t21-,22-,23-,25-,27+,29-,30-,31-,32+/m0/s1. The van der Waals surface area contributed by atoms with Crippen LogP contribution in [0.3, 0.4) is 0 Å². The second kappa shape index (κ2) is 8.34. The number of ether oxygens (including phenoxy) is 6. The van der Waals surface area contributed by atoms with Crippen molar-refractivity contribution in [3.8, 4) is 0 Å².